The number of imide groups is 1. The van der Waals surface area contributed by atoms with Crippen molar-refractivity contribution < 1.29 is 19.1 Å². The molecule has 2 N–H and O–H groups in total. The molecule has 2 aromatic rings. The van der Waals surface area contributed by atoms with Gasteiger partial charge in [-0.2, -0.15) is 0 Å². The molecule has 0 unspecified atom stereocenters. The minimum atomic E-state index is -0.556. The first-order valence-electron chi connectivity index (χ1n) is 8.64. The van der Waals surface area contributed by atoms with Crippen LogP contribution >= 0.6 is 23.2 Å². The molecule has 0 spiro atoms. The predicted octanol–water partition coefficient (Wildman–Crippen LogP) is 4.49. The van der Waals surface area contributed by atoms with Crippen LogP contribution < -0.4 is 20.1 Å². The Labute approximate surface area is 178 Å². The van der Waals surface area contributed by atoms with Crippen LogP contribution in [0.25, 0.3) is 6.08 Å². The number of hydrogen-bond acceptors (Lipinski definition) is 4. The number of nitrogens with one attached hydrogen (secondary N) is 2. The van der Waals surface area contributed by atoms with Gasteiger partial charge < -0.3 is 14.8 Å². The highest BCUT2D eigenvalue weighted by Gasteiger charge is 2.23. The second-order valence-corrected chi connectivity index (χ2v) is 7.04. The second kappa shape index (κ2) is 9.03. The van der Waals surface area contributed by atoms with Crippen LogP contribution in [-0.2, 0) is 17.8 Å². The number of allylic oxidation sites excluding steroid dienone is 1. The minimum absolute atomic E-state index is 0.156. The lowest BCUT2D eigenvalue weighted by molar-refractivity contribution is -0.115. The Morgan fingerprint density at radius 1 is 1.10 bits per heavy atom. The van der Waals surface area contributed by atoms with Crippen molar-refractivity contribution in [3.63, 3.8) is 0 Å². The van der Waals surface area contributed by atoms with Crippen LogP contribution in [0, 0.1) is 0 Å². The van der Waals surface area contributed by atoms with Crippen LogP contribution in [0.2, 0.25) is 10.0 Å². The third-order valence-corrected chi connectivity index (χ3v) is 4.74. The van der Waals surface area contributed by atoms with Gasteiger partial charge in [0.05, 0.1) is 7.11 Å². The van der Waals surface area contributed by atoms with E-state index in [0.717, 1.165) is 11.1 Å². The molecule has 8 heteroatoms. The molecule has 29 heavy (non-hydrogen) atoms. The van der Waals surface area contributed by atoms with E-state index >= 15 is 0 Å². The number of halogens is 2. The summed E-state index contributed by atoms with van der Waals surface area (Å²) in [5.74, 6) is 0.531. The topological polar surface area (TPSA) is 76.7 Å². The maximum absolute atomic E-state index is 11.8. The van der Waals surface area contributed by atoms with Crippen molar-refractivity contribution in [2.45, 2.75) is 13.0 Å². The quantitative estimate of drug-likeness (QED) is 0.383. The minimum Gasteiger partial charge on any atom is -0.493 e. The highest BCUT2D eigenvalue weighted by Crippen LogP contribution is 2.35. The van der Waals surface area contributed by atoms with Crippen LogP contribution in [0.5, 0.6) is 11.5 Å². The zero-order chi connectivity index (χ0) is 21.0. The monoisotopic (exact) mass is 432 g/mol. The molecule has 3 amide bonds. The summed E-state index contributed by atoms with van der Waals surface area (Å²) in [6.07, 6.45) is 3.81. The van der Waals surface area contributed by atoms with Crippen LogP contribution in [0.1, 0.15) is 16.7 Å². The number of ether oxygens (including phenoxy) is 2. The maximum Gasteiger partial charge on any atom is 0.326 e. The number of carbonyl (C=O) groups is 2. The SMILES string of the molecule is C=CCc1cc(/C=C2/NC(=O)NC2=O)cc(OC)c1OCc1ccc(Cl)cc1Cl. The van der Waals surface area contributed by atoms with Gasteiger partial charge in [-0.1, -0.05) is 35.3 Å². The molecule has 1 saturated heterocycles. The van der Waals surface area contributed by atoms with Gasteiger partial charge in [-0.15, -0.1) is 6.58 Å². The van der Waals surface area contributed by atoms with Gasteiger partial charge >= 0.3 is 6.03 Å². The molecule has 0 saturated carbocycles. The van der Waals surface area contributed by atoms with Crippen molar-refractivity contribution in [3.05, 3.63) is 75.4 Å². The molecule has 0 aliphatic carbocycles. The summed E-state index contributed by atoms with van der Waals surface area (Å²) in [7, 11) is 1.52. The second-order valence-electron chi connectivity index (χ2n) is 6.19. The van der Waals surface area contributed by atoms with Gasteiger partial charge in [-0.05, 0) is 42.3 Å². The highest BCUT2D eigenvalue weighted by molar-refractivity contribution is 6.35. The molecule has 0 atom stereocenters. The molecule has 0 aromatic heterocycles. The Balaban J connectivity index is 1.93. The molecule has 150 valence electrons. The number of benzene rings is 2. The lowest BCUT2D eigenvalue weighted by Gasteiger charge is -2.16. The number of methoxy groups -OCH3 is 1. The Hall–Kier alpha value is -2.96. The first kappa shape index (κ1) is 20.8. The molecule has 0 radical (unpaired) electrons. The summed E-state index contributed by atoms with van der Waals surface area (Å²) in [5, 5.41) is 5.67. The maximum atomic E-state index is 11.8. The summed E-state index contributed by atoms with van der Waals surface area (Å²) in [5.41, 5.74) is 2.41. The average molecular weight is 433 g/mol. The van der Waals surface area contributed by atoms with E-state index < -0.39 is 11.9 Å². The van der Waals surface area contributed by atoms with Crippen LogP contribution in [0.3, 0.4) is 0 Å². The number of carbonyl (C=O) groups excluding carboxylic acids is 2. The molecular formula is C21H18Cl2N2O4. The lowest BCUT2D eigenvalue weighted by atomic mass is 10.0. The third-order valence-electron chi connectivity index (χ3n) is 4.16. The van der Waals surface area contributed by atoms with Crippen molar-refractivity contribution in [2.24, 2.45) is 0 Å². The zero-order valence-corrected chi connectivity index (χ0v) is 17.1. The molecule has 1 aliphatic heterocycles. The van der Waals surface area contributed by atoms with E-state index in [1.165, 1.54) is 7.11 Å². The van der Waals surface area contributed by atoms with Gasteiger partial charge in [0.1, 0.15) is 12.3 Å². The number of hydrogen-bond donors (Lipinski definition) is 2. The smallest absolute Gasteiger partial charge is 0.326 e. The van der Waals surface area contributed by atoms with Gasteiger partial charge in [0.15, 0.2) is 11.5 Å². The summed E-state index contributed by atoms with van der Waals surface area (Å²) in [4.78, 5) is 23.1. The Morgan fingerprint density at radius 2 is 1.90 bits per heavy atom. The van der Waals surface area contributed by atoms with Gasteiger partial charge in [-0.25, -0.2) is 4.79 Å². The van der Waals surface area contributed by atoms with E-state index in [0.29, 0.717) is 33.5 Å². The fourth-order valence-corrected chi connectivity index (χ4v) is 3.29. The molecule has 3 rings (SSSR count). The fourth-order valence-electron chi connectivity index (χ4n) is 2.83. The average Bonchev–Trinajstić information content (AvgIpc) is 2.99. The van der Waals surface area contributed by atoms with Crippen molar-refractivity contribution in [1.82, 2.24) is 10.6 Å². The van der Waals surface area contributed by atoms with Crippen molar-refractivity contribution >= 4 is 41.2 Å². The Kier molecular flexibility index (Phi) is 6.46. The first-order valence-corrected chi connectivity index (χ1v) is 9.39. The fraction of sp³-hybridized carbons (Fsp3) is 0.143. The molecule has 1 fully saturated rings. The summed E-state index contributed by atoms with van der Waals surface area (Å²) >= 11 is 12.2. The Bertz CT molecular complexity index is 1020. The molecule has 0 bridgehead atoms. The molecule has 1 aliphatic rings. The molecule has 6 nitrogen and oxygen atoms in total. The van der Waals surface area contributed by atoms with E-state index in [-0.39, 0.29) is 12.3 Å². The summed E-state index contributed by atoms with van der Waals surface area (Å²) < 4.78 is 11.5. The van der Waals surface area contributed by atoms with Gasteiger partial charge in [-0.3, -0.25) is 10.1 Å². The number of urea groups is 1. The van der Waals surface area contributed by atoms with E-state index in [1.807, 2.05) is 6.07 Å². The van der Waals surface area contributed by atoms with Gasteiger partial charge in [0.25, 0.3) is 5.91 Å². The van der Waals surface area contributed by atoms with E-state index in [9.17, 15) is 9.59 Å². The van der Waals surface area contributed by atoms with Gasteiger partial charge in [0.2, 0.25) is 0 Å². The normalized spacial score (nSPS) is 14.5. The lowest BCUT2D eigenvalue weighted by Crippen LogP contribution is -2.22. The zero-order valence-electron chi connectivity index (χ0n) is 15.6. The van der Waals surface area contributed by atoms with E-state index in [4.69, 9.17) is 32.7 Å². The highest BCUT2D eigenvalue weighted by atomic mass is 35.5. The Morgan fingerprint density at radius 3 is 2.52 bits per heavy atom. The van der Waals surface area contributed by atoms with Crippen molar-refractivity contribution in [1.29, 1.82) is 0 Å². The van der Waals surface area contributed by atoms with Gasteiger partial charge in [0, 0.05) is 21.2 Å². The molecule has 2 aromatic carbocycles. The first-order chi connectivity index (χ1) is 13.9. The largest absolute Gasteiger partial charge is 0.493 e. The predicted molar refractivity (Wildman–Crippen MR) is 112 cm³/mol. The van der Waals surface area contributed by atoms with E-state index in [2.05, 4.69) is 17.2 Å². The van der Waals surface area contributed by atoms with Crippen LogP contribution in [0.15, 0.2) is 48.7 Å². The summed E-state index contributed by atoms with van der Waals surface area (Å²) in [6.45, 7) is 4.00. The number of amides is 3. The number of rotatable bonds is 7. The summed E-state index contributed by atoms with van der Waals surface area (Å²) in [6, 6.07) is 8.19. The molecule has 1 heterocycles. The van der Waals surface area contributed by atoms with Crippen LogP contribution in [0.4, 0.5) is 4.79 Å². The van der Waals surface area contributed by atoms with Crippen molar-refractivity contribution in [3.8, 4) is 11.5 Å². The third kappa shape index (κ3) is 4.91. The standard InChI is InChI=1S/C21H18Cl2N2O4/c1-3-4-13-7-12(8-17-20(26)25-21(27)24-17)9-18(28-2)19(13)29-11-14-5-6-15(22)10-16(14)23/h3,5-10H,1,4,11H2,2H3,(H2,24,25,26,27)/b17-8+. The molecular weight excluding hydrogens is 415 g/mol. The van der Waals surface area contributed by atoms with Crippen molar-refractivity contribution in [2.75, 3.05) is 7.11 Å². The van der Waals surface area contributed by atoms with E-state index in [1.54, 1.807) is 36.4 Å². The van der Waals surface area contributed by atoms with Crippen LogP contribution in [-0.4, -0.2) is 19.0 Å².